The van der Waals surface area contributed by atoms with Crippen LogP contribution in [0.4, 0.5) is 5.69 Å². The van der Waals surface area contributed by atoms with Gasteiger partial charge in [-0.05, 0) is 31.2 Å². The van der Waals surface area contributed by atoms with Gasteiger partial charge in [-0.1, -0.05) is 42.5 Å². The van der Waals surface area contributed by atoms with Crippen LogP contribution in [0.25, 0.3) is 0 Å². The standard InChI is InChI=1S/C16H15NO2/c1-12-8-10-15(11-9-12)19-13(2)16(18)17-14-6-4-3-5-7-14/h3-11H,2H2,1H3,(H,17,18). The molecule has 0 saturated heterocycles. The maximum absolute atomic E-state index is 11.8. The molecule has 2 aromatic rings. The van der Waals surface area contributed by atoms with E-state index in [1.54, 1.807) is 24.3 Å². The van der Waals surface area contributed by atoms with Crippen molar-refractivity contribution in [3.05, 3.63) is 72.5 Å². The van der Waals surface area contributed by atoms with Crippen molar-refractivity contribution in [1.29, 1.82) is 0 Å². The normalized spacial score (nSPS) is 9.74. The second-order valence-corrected chi connectivity index (χ2v) is 4.16. The lowest BCUT2D eigenvalue weighted by molar-refractivity contribution is -0.114. The van der Waals surface area contributed by atoms with Crippen LogP contribution in [0.15, 0.2) is 66.9 Å². The number of para-hydroxylation sites is 1. The van der Waals surface area contributed by atoms with E-state index in [9.17, 15) is 4.79 Å². The molecule has 3 nitrogen and oxygen atoms in total. The third-order valence-electron chi connectivity index (χ3n) is 2.55. The lowest BCUT2D eigenvalue weighted by atomic mass is 10.2. The number of anilines is 1. The van der Waals surface area contributed by atoms with Gasteiger partial charge in [0.2, 0.25) is 0 Å². The first kappa shape index (κ1) is 12.9. The number of benzene rings is 2. The van der Waals surface area contributed by atoms with E-state index in [1.807, 2.05) is 37.3 Å². The van der Waals surface area contributed by atoms with E-state index in [0.717, 1.165) is 5.56 Å². The summed E-state index contributed by atoms with van der Waals surface area (Å²) in [4.78, 5) is 11.8. The third kappa shape index (κ3) is 3.71. The van der Waals surface area contributed by atoms with Crippen LogP contribution in [0, 0.1) is 6.92 Å². The number of hydrogen-bond donors (Lipinski definition) is 1. The van der Waals surface area contributed by atoms with E-state index in [2.05, 4.69) is 11.9 Å². The summed E-state index contributed by atoms with van der Waals surface area (Å²) in [7, 11) is 0. The Balaban J connectivity index is 1.96. The van der Waals surface area contributed by atoms with Crippen LogP contribution >= 0.6 is 0 Å². The van der Waals surface area contributed by atoms with Gasteiger partial charge in [0.15, 0.2) is 5.76 Å². The maximum atomic E-state index is 11.8. The number of nitrogens with one attached hydrogen (secondary N) is 1. The van der Waals surface area contributed by atoms with Gasteiger partial charge in [0, 0.05) is 5.69 Å². The number of amides is 1. The second-order valence-electron chi connectivity index (χ2n) is 4.16. The van der Waals surface area contributed by atoms with Gasteiger partial charge in [0.1, 0.15) is 5.75 Å². The minimum Gasteiger partial charge on any atom is -0.452 e. The van der Waals surface area contributed by atoms with Gasteiger partial charge in [0.25, 0.3) is 5.91 Å². The highest BCUT2D eigenvalue weighted by Crippen LogP contribution is 2.15. The second kappa shape index (κ2) is 5.87. The average Bonchev–Trinajstić information content (AvgIpc) is 2.42. The monoisotopic (exact) mass is 253 g/mol. The van der Waals surface area contributed by atoms with Gasteiger partial charge in [-0.2, -0.15) is 0 Å². The Labute approximate surface area is 112 Å². The molecule has 0 spiro atoms. The first-order valence-corrected chi connectivity index (χ1v) is 5.95. The van der Waals surface area contributed by atoms with Crippen LogP contribution in [0.1, 0.15) is 5.56 Å². The van der Waals surface area contributed by atoms with Gasteiger partial charge in [0.05, 0.1) is 0 Å². The van der Waals surface area contributed by atoms with Crippen molar-refractivity contribution in [1.82, 2.24) is 0 Å². The van der Waals surface area contributed by atoms with Crippen LogP contribution in [0.3, 0.4) is 0 Å². The number of hydrogen-bond acceptors (Lipinski definition) is 2. The molecule has 0 fully saturated rings. The molecular weight excluding hydrogens is 238 g/mol. The van der Waals surface area contributed by atoms with E-state index in [0.29, 0.717) is 11.4 Å². The van der Waals surface area contributed by atoms with Gasteiger partial charge in [-0.25, -0.2) is 0 Å². The average molecular weight is 253 g/mol. The fourth-order valence-corrected chi connectivity index (χ4v) is 1.52. The molecule has 0 bridgehead atoms. The van der Waals surface area contributed by atoms with Gasteiger partial charge < -0.3 is 10.1 Å². The molecule has 2 aromatic carbocycles. The molecule has 3 heteroatoms. The molecule has 1 N–H and O–H groups in total. The topological polar surface area (TPSA) is 38.3 Å². The molecule has 0 unspecified atom stereocenters. The van der Waals surface area contributed by atoms with Crippen molar-refractivity contribution in [2.45, 2.75) is 6.92 Å². The van der Waals surface area contributed by atoms with Gasteiger partial charge >= 0.3 is 0 Å². The zero-order valence-corrected chi connectivity index (χ0v) is 10.7. The van der Waals surface area contributed by atoms with Crippen molar-refractivity contribution >= 4 is 11.6 Å². The lowest BCUT2D eigenvalue weighted by Gasteiger charge is -2.09. The smallest absolute Gasteiger partial charge is 0.290 e. The van der Waals surface area contributed by atoms with Crippen LogP contribution in [0.2, 0.25) is 0 Å². The van der Waals surface area contributed by atoms with Gasteiger partial charge in [-0.3, -0.25) is 4.79 Å². The number of aryl methyl sites for hydroxylation is 1. The largest absolute Gasteiger partial charge is 0.452 e. The Morgan fingerprint density at radius 1 is 1.05 bits per heavy atom. The molecule has 0 aliphatic carbocycles. The van der Waals surface area contributed by atoms with Crippen molar-refractivity contribution < 1.29 is 9.53 Å². The molecular formula is C16H15NO2. The number of rotatable bonds is 4. The number of carbonyl (C=O) groups is 1. The number of ether oxygens (including phenoxy) is 1. The molecule has 96 valence electrons. The van der Waals surface area contributed by atoms with Crippen molar-refractivity contribution in [3.63, 3.8) is 0 Å². The zero-order chi connectivity index (χ0) is 13.7. The molecule has 2 rings (SSSR count). The first-order valence-electron chi connectivity index (χ1n) is 5.95. The van der Waals surface area contributed by atoms with E-state index in [-0.39, 0.29) is 11.7 Å². The molecule has 19 heavy (non-hydrogen) atoms. The summed E-state index contributed by atoms with van der Waals surface area (Å²) in [6.07, 6.45) is 0. The molecule has 1 amide bonds. The van der Waals surface area contributed by atoms with E-state index < -0.39 is 0 Å². The lowest BCUT2D eigenvalue weighted by Crippen LogP contribution is -2.17. The summed E-state index contributed by atoms with van der Waals surface area (Å²) in [5, 5.41) is 2.71. The van der Waals surface area contributed by atoms with E-state index in [4.69, 9.17) is 4.74 Å². The van der Waals surface area contributed by atoms with Crippen molar-refractivity contribution in [2.24, 2.45) is 0 Å². The van der Waals surface area contributed by atoms with Crippen LogP contribution in [-0.2, 0) is 4.79 Å². The van der Waals surface area contributed by atoms with Crippen molar-refractivity contribution in [3.8, 4) is 5.75 Å². The Morgan fingerprint density at radius 3 is 2.32 bits per heavy atom. The molecule has 0 atom stereocenters. The predicted molar refractivity (Wildman–Crippen MR) is 76.0 cm³/mol. The summed E-state index contributed by atoms with van der Waals surface area (Å²) in [6.45, 7) is 5.62. The Morgan fingerprint density at radius 2 is 1.68 bits per heavy atom. The third-order valence-corrected chi connectivity index (χ3v) is 2.55. The summed E-state index contributed by atoms with van der Waals surface area (Å²) in [5.41, 5.74) is 1.84. The predicted octanol–water partition coefficient (Wildman–Crippen LogP) is 3.53. The van der Waals surface area contributed by atoms with Gasteiger partial charge in [-0.15, -0.1) is 0 Å². The maximum Gasteiger partial charge on any atom is 0.290 e. The van der Waals surface area contributed by atoms with E-state index >= 15 is 0 Å². The molecule has 0 aromatic heterocycles. The Kier molecular flexibility index (Phi) is 3.98. The number of carbonyl (C=O) groups excluding carboxylic acids is 1. The fraction of sp³-hybridized carbons (Fsp3) is 0.0625. The quantitative estimate of drug-likeness (QED) is 0.668. The highest BCUT2D eigenvalue weighted by Gasteiger charge is 2.09. The molecule has 0 aliphatic heterocycles. The van der Waals surface area contributed by atoms with Crippen LogP contribution < -0.4 is 10.1 Å². The summed E-state index contributed by atoms with van der Waals surface area (Å²) in [6, 6.07) is 16.6. The van der Waals surface area contributed by atoms with E-state index in [1.165, 1.54) is 0 Å². The molecule has 0 saturated carbocycles. The Hall–Kier alpha value is -2.55. The zero-order valence-electron chi connectivity index (χ0n) is 10.7. The van der Waals surface area contributed by atoms with Crippen LogP contribution in [-0.4, -0.2) is 5.91 Å². The van der Waals surface area contributed by atoms with Crippen molar-refractivity contribution in [2.75, 3.05) is 5.32 Å². The minimum atomic E-state index is -0.355. The molecule has 0 heterocycles. The molecule has 0 aliphatic rings. The Bertz CT molecular complexity index is 573. The fourth-order valence-electron chi connectivity index (χ4n) is 1.52. The highest BCUT2D eigenvalue weighted by atomic mass is 16.5. The van der Waals surface area contributed by atoms with Crippen LogP contribution in [0.5, 0.6) is 5.75 Å². The SMILES string of the molecule is C=C(Oc1ccc(C)cc1)C(=O)Nc1ccccc1. The summed E-state index contributed by atoms with van der Waals surface area (Å²) in [5.74, 6) is 0.304. The highest BCUT2D eigenvalue weighted by molar-refractivity contribution is 6.02. The molecule has 0 radical (unpaired) electrons. The first-order chi connectivity index (χ1) is 9.15. The summed E-state index contributed by atoms with van der Waals surface area (Å²) < 4.78 is 5.40. The summed E-state index contributed by atoms with van der Waals surface area (Å²) >= 11 is 0. The minimum absolute atomic E-state index is 0.0627.